The van der Waals surface area contributed by atoms with E-state index in [2.05, 4.69) is 38.7 Å². The first-order valence-electron chi connectivity index (χ1n) is 11.7. The summed E-state index contributed by atoms with van der Waals surface area (Å²) >= 11 is 5.89. The van der Waals surface area contributed by atoms with Crippen molar-refractivity contribution in [2.45, 2.75) is 44.8 Å². The van der Waals surface area contributed by atoms with Crippen LogP contribution >= 0.6 is 11.6 Å². The molecule has 32 heavy (non-hydrogen) atoms. The highest BCUT2D eigenvalue weighted by Crippen LogP contribution is 2.27. The minimum Gasteiger partial charge on any atom is -0.340 e. The highest BCUT2D eigenvalue weighted by molar-refractivity contribution is 6.30. The topological polar surface area (TPSA) is 38.4 Å². The molecule has 0 spiro atoms. The number of hydrogen-bond acceptors (Lipinski definition) is 4. The molecule has 2 aliphatic heterocycles. The molecule has 0 unspecified atom stereocenters. The van der Waals surface area contributed by atoms with Crippen LogP contribution in [-0.4, -0.2) is 64.6 Å². The molecule has 3 heterocycles. The molecule has 2 aliphatic rings. The van der Waals surface area contributed by atoms with Crippen molar-refractivity contribution in [3.63, 3.8) is 0 Å². The smallest absolute Gasteiger partial charge is 0.203 e. The molecule has 1 aromatic heterocycles. The van der Waals surface area contributed by atoms with Gasteiger partial charge >= 0.3 is 0 Å². The van der Waals surface area contributed by atoms with Crippen LogP contribution in [-0.2, 0) is 6.54 Å². The molecule has 2 aromatic carbocycles. The van der Waals surface area contributed by atoms with Crippen molar-refractivity contribution in [2.24, 2.45) is 0 Å². The number of benzene rings is 2. The van der Waals surface area contributed by atoms with E-state index in [9.17, 15) is 4.39 Å². The molecule has 1 N–H and O–H groups in total. The van der Waals surface area contributed by atoms with E-state index in [0.717, 1.165) is 74.5 Å². The third kappa shape index (κ3) is 4.49. The van der Waals surface area contributed by atoms with Gasteiger partial charge in [-0.3, -0.25) is 9.80 Å². The Bertz CT molecular complexity index is 1030. The first-order valence-corrected chi connectivity index (χ1v) is 12.1. The number of nitrogens with zero attached hydrogens (tertiary/aromatic N) is 4. The van der Waals surface area contributed by atoms with E-state index in [1.807, 2.05) is 18.2 Å². The molecule has 5 nitrogen and oxygen atoms in total. The zero-order chi connectivity index (χ0) is 22.1. The van der Waals surface area contributed by atoms with Crippen LogP contribution in [0.15, 0.2) is 42.5 Å². The zero-order valence-electron chi connectivity index (χ0n) is 18.6. The van der Waals surface area contributed by atoms with E-state index in [4.69, 9.17) is 16.6 Å². The molecule has 3 aromatic rings. The summed E-state index contributed by atoms with van der Waals surface area (Å²) in [4.78, 5) is 15.8. The second kappa shape index (κ2) is 9.38. The molecule has 2 fully saturated rings. The Kier molecular flexibility index (Phi) is 6.35. The van der Waals surface area contributed by atoms with Crippen LogP contribution in [0.4, 0.5) is 10.3 Å². The number of rotatable bonds is 5. The first-order chi connectivity index (χ1) is 15.6. The lowest BCUT2D eigenvalue weighted by Gasteiger charge is -2.47. The number of H-pyrrole nitrogens is 1. The van der Waals surface area contributed by atoms with Crippen molar-refractivity contribution < 1.29 is 4.39 Å². The van der Waals surface area contributed by atoms with E-state index in [1.54, 1.807) is 6.07 Å². The van der Waals surface area contributed by atoms with Gasteiger partial charge in [-0.25, -0.2) is 9.37 Å². The molecule has 170 valence electrons. The van der Waals surface area contributed by atoms with Crippen LogP contribution in [0.25, 0.3) is 11.0 Å². The van der Waals surface area contributed by atoms with Crippen LogP contribution in [0.3, 0.4) is 0 Å². The lowest BCUT2D eigenvalue weighted by Crippen LogP contribution is -2.58. The second-order valence-electron chi connectivity index (χ2n) is 9.07. The van der Waals surface area contributed by atoms with E-state index >= 15 is 0 Å². The minimum absolute atomic E-state index is 0.202. The number of halogens is 2. The molecule has 7 heteroatoms. The molecule has 1 atom stereocenters. The number of imidazole rings is 1. The van der Waals surface area contributed by atoms with Crippen molar-refractivity contribution in [3.05, 3.63) is 58.9 Å². The predicted molar refractivity (Wildman–Crippen MR) is 129 cm³/mol. The summed E-state index contributed by atoms with van der Waals surface area (Å²) in [6.45, 7) is 8.02. The second-order valence-corrected chi connectivity index (χ2v) is 9.50. The fourth-order valence-corrected chi connectivity index (χ4v) is 5.45. The first kappa shape index (κ1) is 21.7. The molecule has 2 saturated heterocycles. The van der Waals surface area contributed by atoms with Crippen LogP contribution < -0.4 is 4.90 Å². The van der Waals surface area contributed by atoms with Gasteiger partial charge in [-0.05, 0) is 56.6 Å². The van der Waals surface area contributed by atoms with Crippen molar-refractivity contribution in [3.8, 4) is 0 Å². The van der Waals surface area contributed by atoms with Gasteiger partial charge in [0.05, 0.1) is 11.0 Å². The number of piperidine rings is 1. The van der Waals surface area contributed by atoms with Crippen LogP contribution in [0.1, 0.15) is 31.7 Å². The average Bonchev–Trinajstić information content (AvgIpc) is 3.25. The van der Waals surface area contributed by atoms with Crippen molar-refractivity contribution >= 4 is 28.6 Å². The standard InChI is InChI=1S/C25H31ClFN5/c1-2-20-17-31(25-28-23-5-3-4-6-24(23)29-25)13-14-32(20)21-9-11-30(12-10-21)16-18-7-8-19(26)15-22(18)27/h3-8,15,20-21H,2,9-14,16-17H2,1H3,(H,28,29)/t20-/m0/s1. The average molecular weight is 456 g/mol. The van der Waals surface area contributed by atoms with Gasteiger partial charge in [0.15, 0.2) is 0 Å². The maximum absolute atomic E-state index is 14.2. The maximum Gasteiger partial charge on any atom is 0.203 e. The van der Waals surface area contributed by atoms with Gasteiger partial charge in [0.1, 0.15) is 5.82 Å². The molecule has 0 radical (unpaired) electrons. The van der Waals surface area contributed by atoms with Gasteiger partial charge in [-0.15, -0.1) is 0 Å². The van der Waals surface area contributed by atoms with Gasteiger partial charge in [-0.2, -0.15) is 0 Å². The van der Waals surface area contributed by atoms with E-state index in [0.29, 0.717) is 23.7 Å². The fraction of sp³-hybridized carbons (Fsp3) is 0.480. The molecule has 0 amide bonds. The summed E-state index contributed by atoms with van der Waals surface area (Å²) < 4.78 is 14.2. The Morgan fingerprint density at radius 2 is 1.91 bits per heavy atom. The zero-order valence-corrected chi connectivity index (χ0v) is 19.4. The maximum atomic E-state index is 14.2. The van der Waals surface area contributed by atoms with Gasteiger partial charge in [0, 0.05) is 48.8 Å². The highest BCUT2D eigenvalue weighted by Gasteiger charge is 2.33. The number of para-hydroxylation sites is 2. The number of anilines is 1. The van der Waals surface area contributed by atoms with Crippen molar-refractivity contribution in [1.82, 2.24) is 19.8 Å². The summed E-state index contributed by atoms with van der Waals surface area (Å²) in [6, 6.07) is 14.4. The molecular formula is C25H31ClFN5. The largest absolute Gasteiger partial charge is 0.340 e. The molecule has 0 bridgehead atoms. The Hall–Kier alpha value is -2.15. The number of nitrogens with one attached hydrogen (secondary N) is 1. The lowest BCUT2D eigenvalue weighted by molar-refractivity contribution is 0.0606. The van der Waals surface area contributed by atoms with Crippen molar-refractivity contribution in [2.75, 3.05) is 37.6 Å². The van der Waals surface area contributed by atoms with Crippen LogP contribution in [0.5, 0.6) is 0 Å². The number of aromatic nitrogens is 2. The molecule has 0 saturated carbocycles. The number of fused-ring (bicyclic) bond motifs is 1. The summed E-state index contributed by atoms with van der Waals surface area (Å²) in [5.74, 6) is 0.788. The SMILES string of the molecule is CC[C@H]1CN(c2nc3ccccc3[nH]2)CCN1C1CCN(Cc2ccc(Cl)cc2F)CC1. The van der Waals surface area contributed by atoms with E-state index in [1.165, 1.54) is 6.07 Å². The molecule has 5 rings (SSSR count). The highest BCUT2D eigenvalue weighted by atomic mass is 35.5. The Balaban J connectivity index is 1.19. The minimum atomic E-state index is -0.202. The quantitative estimate of drug-likeness (QED) is 0.592. The van der Waals surface area contributed by atoms with Crippen molar-refractivity contribution in [1.29, 1.82) is 0 Å². The summed E-state index contributed by atoms with van der Waals surface area (Å²) in [5, 5.41) is 0.456. The molecule has 0 aliphatic carbocycles. The molecular weight excluding hydrogens is 425 g/mol. The van der Waals surface area contributed by atoms with E-state index in [-0.39, 0.29) is 5.82 Å². The Labute approximate surface area is 194 Å². The van der Waals surface area contributed by atoms with Crippen LogP contribution in [0, 0.1) is 5.82 Å². The summed E-state index contributed by atoms with van der Waals surface area (Å²) in [6.07, 6.45) is 3.40. The normalized spacial score (nSPS) is 21.5. The Morgan fingerprint density at radius 1 is 1.09 bits per heavy atom. The third-order valence-electron chi connectivity index (χ3n) is 7.11. The van der Waals surface area contributed by atoms with Gasteiger partial charge in [0.25, 0.3) is 0 Å². The van der Waals surface area contributed by atoms with Gasteiger partial charge < -0.3 is 9.88 Å². The van der Waals surface area contributed by atoms with Crippen LogP contribution in [0.2, 0.25) is 5.02 Å². The number of hydrogen-bond donors (Lipinski definition) is 1. The van der Waals surface area contributed by atoms with Gasteiger partial charge in [0.2, 0.25) is 5.95 Å². The predicted octanol–water partition coefficient (Wildman–Crippen LogP) is 4.92. The number of aromatic amines is 1. The fourth-order valence-electron chi connectivity index (χ4n) is 5.30. The summed E-state index contributed by atoms with van der Waals surface area (Å²) in [7, 11) is 0. The monoisotopic (exact) mass is 455 g/mol. The summed E-state index contributed by atoms with van der Waals surface area (Å²) in [5.41, 5.74) is 2.86. The lowest BCUT2D eigenvalue weighted by atomic mass is 9.98. The third-order valence-corrected chi connectivity index (χ3v) is 7.35. The van der Waals surface area contributed by atoms with Gasteiger partial charge in [-0.1, -0.05) is 36.7 Å². The number of piperazine rings is 1. The van der Waals surface area contributed by atoms with E-state index < -0.39 is 0 Å². The number of likely N-dealkylation sites (tertiary alicyclic amines) is 1. The Morgan fingerprint density at radius 3 is 2.66 bits per heavy atom.